The normalized spacial score (nSPS) is 18.9. The van der Waals surface area contributed by atoms with Crippen LogP contribution in [0.1, 0.15) is 75.9 Å². The standard InChI is InChI=1S/C41H38N6/c1-39(2)31-23-25(46-33-13-9-19-42-35(33)40(3,4)29-11-7-21-44-37(29)46)15-17-27(31)28-18-16-26(24-32(28)39)47-34-14-10-20-43-36(34)41(5,6)30-12-8-22-45-38(30)47/h7-9,11-19,21-24H,10,20H2,1-6H3. The Morgan fingerprint density at radius 1 is 0.574 bits per heavy atom. The number of aliphatic imine (C=N–C) groups is 1. The van der Waals surface area contributed by atoms with Crippen molar-refractivity contribution in [1.29, 1.82) is 0 Å². The van der Waals surface area contributed by atoms with Gasteiger partial charge in [-0.1, -0.05) is 44.2 Å². The lowest BCUT2D eigenvalue weighted by molar-refractivity contribution is 0.604. The number of rotatable bonds is 2. The van der Waals surface area contributed by atoms with Gasteiger partial charge in [0.2, 0.25) is 0 Å². The SMILES string of the molecule is CC1(C)C2=NCCC=C2N(c2ccc3c(c2)C(C)(C)c2cc(N4c5cccnc5C(C)(C)c5cccnc54)ccc2-3)c2ncccc21. The molecule has 0 unspecified atom stereocenters. The first kappa shape index (κ1) is 28.1. The third kappa shape index (κ3) is 3.72. The van der Waals surface area contributed by atoms with Crippen LogP contribution in [0.5, 0.6) is 0 Å². The molecule has 0 N–H and O–H groups in total. The summed E-state index contributed by atoms with van der Waals surface area (Å²) in [5, 5.41) is 0. The first-order valence-corrected chi connectivity index (χ1v) is 16.6. The molecule has 0 atom stereocenters. The topological polar surface area (TPSA) is 57.5 Å². The fourth-order valence-electron chi connectivity index (χ4n) is 8.45. The molecular formula is C41H38N6. The lowest BCUT2D eigenvalue weighted by Crippen LogP contribution is -2.43. The van der Waals surface area contributed by atoms with Gasteiger partial charge < -0.3 is 0 Å². The van der Waals surface area contributed by atoms with E-state index in [1.54, 1.807) is 0 Å². The van der Waals surface area contributed by atoms with Crippen LogP contribution in [-0.4, -0.2) is 27.2 Å². The van der Waals surface area contributed by atoms with E-state index in [4.69, 9.17) is 19.9 Å². The number of allylic oxidation sites excluding steroid dienone is 1. The molecule has 1 aliphatic carbocycles. The molecule has 2 aromatic carbocycles. The second-order valence-corrected chi connectivity index (χ2v) is 14.7. The van der Waals surface area contributed by atoms with Gasteiger partial charge in [-0.15, -0.1) is 0 Å². The molecule has 6 nitrogen and oxygen atoms in total. The van der Waals surface area contributed by atoms with Crippen molar-refractivity contribution in [3.63, 3.8) is 0 Å². The fraction of sp³-hybridized carbons (Fsp3) is 0.268. The van der Waals surface area contributed by atoms with Crippen molar-refractivity contribution < 1.29 is 0 Å². The number of nitrogens with zero attached hydrogens (tertiary/aromatic N) is 6. The highest BCUT2D eigenvalue weighted by molar-refractivity contribution is 6.14. The largest absolute Gasteiger partial charge is 0.293 e. The van der Waals surface area contributed by atoms with E-state index in [0.717, 1.165) is 58.8 Å². The Labute approximate surface area is 276 Å². The maximum absolute atomic E-state index is 5.07. The Morgan fingerprint density at radius 3 is 1.83 bits per heavy atom. The summed E-state index contributed by atoms with van der Waals surface area (Å²) in [5.74, 6) is 1.96. The van der Waals surface area contributed by atoms with Crippen molar-refractivity contribution in [1.82, 2.24) is 15.0 Å². The number of hydrogen-bond donors (Lipinski definition) is 0. The van der Waals surface area contributed by atoms with E-state index in [-0.39, 0.29) is 16.2 Å². The number of benzene rings is 2. The lowest BCUT2D eigenvalue weighted by atomic mass is 9.74. The van der Waals surface area contributed by atoms with Crippen LogP contribution in [0, 0.1) is 0 Å². The molecule has 9 rings (SSSR count). The number of aromatic nitrogens is 3. The van der Waals surface area contributed by atoms with E-state index in [1.807, 2.05) is 36.8 Å². The Kier molecular flexibility index (Phi) is 5.67. The zero-order valence-corrected chi connectivity index (χ0v) is 27.8. The fourth-order valence-corrected chi connectivity index (χ4v) is 8.45. The van der Waals surface area contributed by atoms with Gasteiger partial charge in [0.25, 0.3) is 0 Å². The smallest absolute Gasteiger partial charge is 0.141 e. The Balaban J connectivity index is 1.18. The molecule has 5 aromatic rings. The number of anilines is 5. The van der Waals surface area contributed by atoms with E-state index in [9.17, 15) is 0 Å². The summed E-state index contributed by atoms with van der Waals surface area (Å²) >= 11 is 0. The zero-order valence-electron chi connectivity index (χ0n) is 27.8. The van der Waals surface area contributed by atoms with E-state index in [2.05, 4.69) is 112 Å². The molecule has 0 bridgehead atoms. The van der Waals surface area contributed by atoms with Crippen LogP contribution in [0.4, 0.5) is 28.7 Å². The summed E-state index contributed by atoms with van der Waals surface area (Å²) in [5.41, 5.74) is 13.6. The van der Waals surface area contributed by atoms with Crippen LogP contribution in [-0.2, 0) is 16.2 Å². The summed E-state index contributed by atoms with van der Waals surface area (Å²) in [6.07, 6.45) is 8.98. The maximum atomic E-state index is 5.07. The highest BCUT2D eigenvalue weighted by Gasteiger charge is 2.44. The monoisotopic (exact) mass is 614 g/mol. The number of dihydropyridines is 1. The molecule has 3 aromatic heterocycles. The molecule has 0 fully saturated rings. The van der Waals surface area contributed by atoms with Crippen molar-refractivity contribution in [2.45, 2.75) is 64.2 Å². The Hall–Kier alpha value is -5.10. The summed E-state index contributed by atoms with van der Waals surface area (Å²) in [6.45, 7) is 14.6. The van der Waals surface area contributed by atoms with Gasteiger partial charge in [-0.3, -0.25) is 19.8 Å². The van der Waals surface area contributed by atoms with Gasteiger partial charge in [-0.25, -0.2) is 9.97 Å². The van der Waals surface area contributed by atoms with E-state index < -0.39 is 0 Å². The van der Waals surface area contributed by atoms with E-state index in [1.165, 1.54) is 33.4 Å². The van der Waals surface area contributed by atoms with Crippen molar-refractivity contribution in [2.75, 3.05) is 16.3 Å². The summed E-state index contributed by atoms with van der Waals surface area (Å²) in [6, 6.07) is 26.5. The molecule has 3 aliphatic heterocycles. The lowest BCUT2D eigenvalue weighted by Gasteiger charge is -2.43. The van der Waals surface area contributed by atoms with Crippen LogP contribution >= 0.6 is 0 Å². The third-order valence-electron chi connectivity index (χ3n) is 10.9. The zero-order chi connectivity index (χ0) is 32.3. The van der Waals surface area contributed by atoms with Crippen LogP contribution in [0.3, 0.4) is 0 Å². The molecule has 6 heteroatoms. The molecule has 0 spiro atoms. The molecule has 232 valence electrons. The van der Waals surface area contributed by atoms with Gasteiger partial charge in [0, 0.05) is 63.9 Å². The van der Waals surface area contributed by atoms with Crippen LogP contribution in [0.25, 0.3) is 11.1 Å². The van der Waals surface area contributed by atoms with Crippen molar-refractivity contribution in [3.8, 4) is 11.1 Å². The Bertz CT molecular complexity index is 2150. The average Bonchev–Trinajstić information content (AvgIpc) is 3.30. The first-order valence-electron chi connectivity index (χ1n) is 16.6. The minimum atomic E-state index is -0.255. The number of pyridine rings is 3. The predicted molar refractivity (Wildman–Crippen MR) is 191 cm³/mol. The third-order valence-corrected chi connectivity index (χ3v) is 10.9. The molecular weight excluding hydrogens is 576 g/mol. The van der Waals surface area contributed by atoms with Crippen LogP contribution in [0.15, 0.2) is 108 Å². The van der Waals surface area contributed by atoms with Gasteiger partial charge in [0.1, 0.15) is 11.6 Å². The highest BCUT2D eigenvalue weighted by Crippen LogP contribution is 2.55. The second-order valence-electron chi connectivity index (χ2n) is 14.7. The molecule has 6 heterocycles. The number of fused-ring (bicyclic) bond motifs is 7. The van der Waals surface area contributed by atoms with Gasteiger partial charge in [-0.05, 0) is 105 Å². The van der Waals surface area contributed by atoms with Gasteiger partial charge in [0.05, 0.1) is 22.8 Å². The summed E-state index contributed by atoms with van der Waals surface area (Å²) < 4.78 is 0. The molecule has 4 aliphatic rings. The summed E-state index contributed by atoms with van der Waals surface area (Å²) in [7, 11) is 0. The van der Waals surface area contributed by atoms with E-state index >= 15 is 0 Å². The molecule has 0 radical (unpaired) electrons. The van der Waals surface area contributed by atoms with Gasteiger partial charge in [0.15, 0.2) is 0 Å². The molecule has 0 amide bonds. The summed E-state index contributed by atoms with van der Waals surface area (Å²) in [4.78, 5) is 24.5. The van der Waals surface area contributed by atoms with Crippen molar-refractivity contribution in [3.05, 3.63) is 131 Å². The highest BCUT2D eigenvalue weighted by atomic mass is 15.2. The predicted octanol–water partition coefficient (Wildman–Crippen LogP) is 9.44. The second kappa shape index (κ2) is 9.47. The minimum Gasteiger partial charge on any atom is -0.293 e. The Morgan fingerprint density at radius 2 is 1.15 bits per heavy atom. The maximum Gasteiger partial charge on any atom is 0.141 e. The van der Waals surface area contributed by atoms with Crippen molar-refractivity contribution >= 4 is 34.4 Å². The van der Waals surface area contributed by atoms with Crippen LogP contribution in [0.2, 0.25) is 0 Å². The first-order chi connectivity index (χ1) is 22.6. The van der Waals surface area contributed by atoms with Gasteiger partial charge in [-0.2, -0.15) is 0 Å². The minimum absolute atomic E-state index is 0.208. The van der Waals surface area contributed by atoms with E-state index in [0.29, 0.717) is 0 Å². The molecule has 47 heavy (non-hydrogen) atoms. The number of hydrogen-bond acceptors (Lipinski definition) is 6. The van der Waals surface area contributed by atoms with Crippen LogP contribution < -0.4 is 9.80 Å². The molecule has 0 saturated heterocycles. The molecule has 0 saturated carbocycles. The quantitative estimate of drug-likeness (QED) is 0.198. The average molecular weight is 615 g/mol. The van der Waals surface area contributed by atoms with Gasteiger partial charge >= 0.3 is 0 Å². The van der Waals surface area contributed by atoms with Crippen molar-refractivity contribution in [2.24, 2.45) is 4.99 Å².